The van der Waals surface area contributed by atoms with Crippen LogP contribution in [0.15, 0.2) is 40.9 Å². The highest BCUT2D eigenvalue weighted by Gasteiger charge is 2.21. The van der Waals surface area contributed by atoms with Crippen LogP contribution in [0.5, 0.6) is 5.75 Å². The van der Waals surface area contributed by atoms with E-state index < -0.39 is 11.8 Å². The van der Waals surface area contributed by atoms with Crippen LogP contribution in [0.1, 0.15) is 65.8 Å². The number of anilines is 1. The molecule has 0 unspecified atom stereocenters. The van der Waals surface area contributed by atoms with Crippen LogP contribution in [0, 0.1) is 0 Å². The zero-order chi connectivity index (χ0) is 20.7. The third-order valence-corrected chi connectivity index (χ3v) is 5.10. The van der Waals surface area contributed by atoms with E-state index in [1.165, 1.54) is 12.1 Å². The van der Waals surface area contributed by atoms with Gasteiger partial charge in [-0.3, -0.25) is 4.79 Å². The molecule has 0 saturated heterocycles. The summed E-state index contributed by atoms with van der Waals surface area (Å²) in [4.78, 5) is 26.6. The molecule has 6 heteroatoms. The number of carboxylic acid groups (broad SMARTS) is 1. The van der Waals surface area contributed by atoms with Gasteiger partial charge in [0.1, 0.15) is 5.75 Å². The van der Waals surface area contributed by atoms with Crippen molar-refractivity contribution in [3.63, 3.8) is 0 Å². The summed E-state index contributed by atoms with van der Waals surface area (Å²) in [6.45, 7) is 6.04. The SMILES string of the molecule is CCCCN(CCCC)c1ccc(C(=O)c2ccc(Br)cc2C(=O)O)c(O)c1. The number of nitrogens with zero attached hydrogens (tertiary/aromatic N) is 1. The van der Waals surface area contributed by atoms with E-state index in [9.17, 15) is 19.8 Å². The number of aromatic hydroxyl groups is 1. The number of unbranched alkanes of at least 4 members (excludes halogenated alkanes) is 2. The molecule has 0 saturated carbocycles. The number of phenolic OH excluding ortho intramolecular Hbond substituents is 1. The third kappa shape index (κ3) is 5.35. The Morgan fingerprint density at radius 2 is 1.54 bits per heavy atom. The fourth-order valence-electron chi connectivity index (χ4n) is 3.01. The Morgan fingerprint density at radius 1 is 0.929 bits per heavy atom. The molecule has 28 heavy (non-hydrogen) atoms. The molecule has 2 aromatic rings. The number of ketones is 1. The van der Waals surface area contributed by atoms with Gasteiger partial charge in [0.2, 0.25) is 0 Å². The van der Waals surface area contributed by atoms with Crippen LogP contribution < -0.4 is 4.90 Å². The molecule has 0 atom stereocenters. The molecule has 150 valence electrons. The maximum atomic E-state index is 12.9. The second-order valence-electron chi connectivity index (χ2n) is 6.72. The smallest absolute Gasteiger partial charge is 0.336 e. The molecule has 0 bridgehead atoms. The largest absolute Gasteiger partial charge is 0.507 e. The monoisotopic (exact) mass is 447 g/mol. The molecular weight excluding hydrogens is 422 g/mol. The fraction of sp³-hybridized carbons (Fsp3) is 0.364. The normalized spacial score (nSPS) is 10.7. The number of hydrogen-bond donors (Lipinski definition) is 2. The van der Waals surface area contributed by atoms with Crippen LogP contribution in [0.2, 0.25) is 0 Å². The average Bonchev–Trinajstić information content (AvgIpc) is 2.67. The molecule has 5 nitrogen and oxygen atoms in total. The summed E-state index contributed by atoms with van der Waals surface area (Å²) in [5, 5.41) is 19.9. The van der Waals surface area contributed by atoms with Crippen molar-refractivity contribution >= 4 is 33.4 Å². The average molecular weight is 448 g/mol. The first-order valence-electron chi connectivity index (χ1n) is 9.54. The van der Waals surface area contributed by atoms with Crippen molar-refractivity contribution in [3.8, 4) is 5.75 Å². The number of aromatic carboxylic acids is 1. The van der Waals surface area contributed by atoms with Gasteiger partial charge in [0.05, 0.1) is 11.1 Å². The van der Waals surface area contributed by atoms with Crippen LogP contribution in [0.25, 0.3) is 0 Å². The van der Waals surface area contributed by atoms with Crippen molar-refractivity contribution in [2.45, 2.75) is 39.5 Å². The summed E-state index contributed by atoms with van der Waals surface area (Å²) >= 11 is 3.22. The number of hydrogen-bond acceptors (Lipinski definition) is 4. The molecule has 0 fully saturated rings. The summed E-state index contributed by atoms with van der Waals surface area (Å²) in [6.07, 6.45) is 4.25. The Morgan fingerprint density at radius 3 is 2.07 bits per heavy atom. The Bertz CT molecular complexity index is 842. The summed E-state index contributed by atoms with van der Waals surface area (Å²) < 4.78 is 0.573. The molecule has 0 aliphatic carbocycles. The Hall–Kier alpha value is -2.34. The third-order valence-electron chi connectivity index (χ3n) is 4.61. The minimum atomic E-state index is -1.19. The second-order valence-corrected chi connectivity index (χ2v) is 7.64. The topological polar surface area (TPSA) is 77.8 Å². The summed E-state index contributed by atoms with van der Waals surface area (Å²) in [7, 11) is 0. The predicted molar refractivity (Wildman–Crippen MR) is 115 cm³/mol. The van der Waals surface area contributed by atoms with Crippen molar-refractivity contribution in [1.29, 1.82) is 0 Å². The van der Waals surface area contributed by atoms with Crippen LogP contribution in [0.3, 0.4) is 0 Å². The summed E-state index contributed by atoms with van der Waals surface area (Å²) in [5.74, 6) is -1.84. The van der Waals surface area contributed by atoms with E-state index in [2.05, 4.69) is 34.7 Å². The summed E-state index contributed by atoms with van der Waals surface area (Å²) in [6, 6.07) is 9.44. The number of carbonyl (C=O) groups excluding carboxylic acids is 1. The van der Waals surface area contributed by atoms with E-state index in [-0.39, 0.29) is 22.4 Å². The Labute approximate surface area is 174 Å². The summed E-state index contributed by atoms with van der Waals surface area (Å²) in [5.41, 5.74) is 0.910. The maximum absolute atomic E-state index is 12.9. The quantitative estimate of drug-likeness (QED) is 0.470. The van der Waals surface area contributed by atoms with E-state index in [1.54, 1.807) is 18.2 Å². The molecule has 0 spiro atoms. The van der Waals surface area contributed by atoms with Crippen molar-refractivity contribution in [2.24, 2.45) is 0 Å². The zero-order valence-electron chi connectivity index (χ0n) is 16.2. The standard InChI is InChI=1S/C22H26BrNO4/c1-3-5-11-24(12-6-4-2)16-8-10-18(20(25)14-16)21(26)17-9-7-15(23)13-19(17)22(27)28/h7-10,13-14,25H,3-6,11-12H2,1-2H3,(H,27,28). The lowest BCUT2D eigenvalue weighted by Gasteiger charge is -2.25. The molecule has 2 rings (SSSR count). The molecule has 0 aromatic heterocycles. The highest BCUT2D eigenvalue weighted by atomic mass is 79.9. The highest BCUT2D eigenvalue weighted by molar-refractivity contribution is 9.10. The number of halogens is 1. The maximum Gasteiger partial charge on any atom is 0.336 e. The first kappa shape index (κ1) is 22.0. The number of carbonyl (C=O) groups is 2. The van der Waals surface area contributed by atoms with Crippen molar-refractivity contribution in [1.82, 2.24) is 0 Å². The van der Waals surface area contributed by atoms with Crippen molar-refractivity contribution < 1.29 is 19.8 Å². The van der Waals surface area contributed by atoms with Crippen LogP contribution in [-0.4, -0.2) is 35.1 Å². The lowest BCUT2D eigenvalue weighted by Crippen LogP contribution is -2.25. The minimum Gasteiger partial charge on any atom is -0.507 e. The number of phenols is 1. The van der Waals surface area contributed by atoms with Gasteiger partial charge < -0.3 is 15.1 Å². The first-order chi connectivity index (χ1) is 13.4. The van der Waals surface area contributed by atoms with E-state index >= 15 is 0 Å². The number of benzene rings is 2. The van der Waals surface area contributed by atoms with E-state index in [0.717, 1.165) is 44.5 Å². The van der Waals surface area contributed by atoms with E-state index in [1.807, 2.05) is 6.07 Å². The van der Waals surface area contributed by atoms with Gasteiger partial charge in [-0.2, -0.15) is 0 Å². The molecule has 0 heterocycles. The Balaban J connectivity index is 2.35. The molecule has 2 aromatic carbocycles. The molecular formula is C22H26BrNO4. The van der Waals surface area contributed by atoms with Gasteiger partial charge in [-0.25, -0.2) is 4.79 Å². The van der Waals surface area contributed by atoms with Gasteiger partial charge in [0.15, 0.2) is 5.78 Å². The lowest BCUT2D eigenvalue weighted by atomic mass is 9.97. The van der Waals surface area contributed by atoms with Crippen molar-refractivity contribution in [2.75, 3.05) is 18.0 Å². The van der Waals surface area contributed by atoms with Gasteiger partial charge in [-0.15, -0.1) is 0 Å². The zero-order valence-corrected chi connectivity index (χ0v) is 17.8. The highest BCUT2D eigenvalue weighted by Crippen LogP contribution is 2.29. The van der Waals surface area contributed by atoms with Crippen molar-refractivity contribution in [3.05, 3.63) is 57.6 Å². The minimum absolute atomic E-state index is 0.0487. The van der Waals surface area contributed by atoms with Gasteiger partial charge in [-0.05, 0) is 43.2 Å². The van der Waals surface area contributed by atoms with Gasteiger partial charge in [-0.1, -0.05) is 42.6 Å². The second kappa shape index (κ2) is 10.3. The van der Waals surface area contributed by atoms with E-state index in [0.29, 0.717) is 4.47 Å². The molecule has 0 aliphatic rings. The van der Waals surface area contributed by atoms with Gasteiger partial charge in [0.25, 0.3) is 0 Å². The first-order valence-corrected chi connectivity index (χ1v) is 10.3. The van der Waals surface area contributed by atoms with E-state index in [4.69, 9.17) is 0 Å². The Kier molecular flexibility index (Phi) is 8.05. The lowest BCUT2D eigenvalue weighted by molar-refractivity contribution is 0.0692. The molecule has 0 amide bonds. The van der Waals surface area contributed by atoms with Gasteiger partial charge in [0, 0.05) is 34.9 Å². The molecule has 2 N–H and O–H groups in total. The molecule has 0 radical (unpaired) electrons. The van der Waals surface area contributed by atoms with Crippen LogP contribution >= 0.6 is 15.9 Å². The van der Waals surface area contributed by atoms with Crippen LogP contribution in [0.4, 0.5) is 5.69 Å². The number of carboxylic acids is 1. The predicted octanol–water partition coefficient (Wildman–Crippen LogP) is 5.49. The molecule has 0 aliphatic heterocycles. The van der Waals surface area contributed by atoms with Crippen LogP contribution in [-0.2, 0) is 0 Å². The fourth-order valence-corrected chi connectivity index (χ4v) is 3.37. The van der Waals surface area contributed by atoms with Gasteiger partial charge >= 0.3 is 5.97 Å². The number of rotatable bonds is 10.